The third-order valence-corrected chi connectivity index (χ3v) is 1.59. The first-order valence-corrected chi connectivity index (χ1v) is 5.49. The van der Waals surface area contributed by atoms with Crippen molar-refractivity contribution in [2.24, 2.45) is 5.73 Å². The van der Waals surface area contributed by atoms with E-state index in [1.54, 1.807) is 6.08 Å². The second-order valence-electron chi connectivity index (χ2n) is 2.33. The van der Waals surface area contributed by atoms with Crippen LogP contribution in [0.2, 0.25) is 0 Å². The van der Waals surface area contributed by atoms with Gasteiger partial charge in [0.2, 0.25) is 0 Å². The largest absolute Gasteiger partial charge is 0.359 e. The van der Waals surface area contributed by atoms with Gasteiger partial charge in [0.15, 0.2) is 5.76 Å². The smallest absolute Gasteiger partial charge is 0.150 e. The maximum atomic E-state index is 5.37. The van der Waals surface area contributed by atoms with Crippen LogP contribution in [0, 0.1) is 0 Å². The van der Waals surface area contributed by atoms with Crippen LogP contribution in [0.4, 0.5) is 0 Å². The van der Waals surface area contributed by atoms with E-state index in [4.69, 9.17) is 10.3 Å². The highest BCUT2D eigenvalue weighted by Crippen LogP contribution is 2.14. The Bertz CT molecular complexity index is 305. The molecule has 0 radical (unpaired) electrons. The van der Waals surface area contributed by atoms with Crippen molar-refractivity contribution in [2.45, 2.75) is 13.5 Å². The molecule has 78 valence electrons. The molecule has 1 aromatic rings. The van der Waals surface area contributed by atoms with Gasteiger partial charge in [0.25, 0.3) is 0 Å². The zero-order chi connectivity index (χ0) is 11.0. The highest BCUT2D eigenvalue weighted by Gasteiger charge is 2.03. The van der Waals surface area contributed by atoms with E-state index in [-0.39, 0.29) is 0 Å². The lowest BCUT2D eigenvalue weighted by atomic mass is 10.2. The van der Waals surface area contributed by atoms with Crippen LogP contribution in [-0.4, -0.2) is 11.8 Å². The summed E-state index contributed by atoms with van der Waals surface area (Å²) in [5.74, 6) is 0.686. The van der Waals surface area contributed by atoms with Crippen molar-refractivity contribution in [1.29, 1.82) is 0 Å². The molecule has 0 amide bonds. The molecule has 0 aliphatic rings. The molecule has 2 N–H and O–H groups in total. The minimum atomic E-state index is 0.376. The molecule has 0 fully saturated rings. The predicted molar refractivity (Wildman–Crippen MR) is 63.9 cm³/mol. The summed E-state index contributed by atoms with van der Waals surface area (Å²) < 4.78 is 4.93. The molecule has 4 heteroatoms. The lowest BCUT2D eigenvalue weighted by Crippen LogP contribution is -1.92. The monoisotopic (exact) mass is 212 g/mol. The van der Waals surface area contributed by atoms with Crippen molar-refractivity contribution in [3.63, 3.8) is 0 Å². The Kier molecular flexibility index (Phi) is 6.99. The molecule has 0 aliphatic heterocycles. The van der Waals surface area contributed by atoms with Gasteiger partial charge in [-0.1, -0.05) is 30.6 Å². The average Bonchev–Trinajstić information content (AvgIpc) is 2.71. The third kappa shape index (κ3) is 3.44. The van der Waals surface area contributed by atoms with E-state index in [0.29, 0.717) is 12.3 Å². The minimum Gasteiger partial charge on any atom is -0.359 e. The van der Waals surface area contributed by atoms with Gasteiger partial charge in [-0.15, -0.1) is 9.24 Å². The Morgan fingerprint density at radius 1 is 1.71 bits per heavy atom. The molecule has 1 unspecified atom stereocenters. The van der Waals surface area contributed by atoms with Gasteiger partial charge in [0.05, 0.1) is 6.54 Å². The molecule has 14 heavy (non-hydrogen) atoms. The van der Waals surface area contributed by atoms with Crippen molar-refractivity contribution in [3.8, 4) is 0 Å². The fourth-order valence-electron chi connectivity index (χ4n) is 0.916. The maximum absolute atomic E-state index is 5.37. The van der Waals surface area contributed by atoms with Crippen LogP contribution in [0.25, 0.3) is 5.57 Å². The van der Waals surface area contributed by atoms with Crippen LogP contribution < -0.4 is 5.73 Å². The highest BCUT2D eigenvalue weighted by molar-refractivity contribution is 7.15. The van der Waals surface area contributed by atoms with E-state index < -0.39 is 0 Å². The van der Waals surface area contributed by atoms with Crippen LogP contribution in [0.5, 0.6) is 0 Å². The van der Waals surface area contributed by atoms with Crippen LogP contribution in [0.15, 0.2) is 29.3 Å². The number of aromatic nitrogens is 1. The molecule has 1 atom stereocenters. The molecule has 3 nitrogen and oxygen atoms in total. The number of allylic oxidation sites excluding steroid dienone is 3. The number of hydrogen-bond acceptors (Lipinski definition) is 3. The number of nitrogens with two attached hydrogens (primary N) is 1. The van der Waals surface area contributed by atoms with Gasteiger partial charge in [0, 0.05) is 6.07 Å². The summed E-state index contributed by atoms with van der Waals surface area (Å²) in [5.41, 5.74) is 7.11. The molecule has 0 bridgehead atoms. The molecule has 0 spiro atoms. The highest BCUT2D eigenvalue weighted by atomic mass is 31.0. The zero-order valence-corrected chi connectivity index (χ0v) is 9.81. The standard InChI is InChI=1S/C9H12N2O.CH5P/c1-3-7(4-2)9-5-8(6-10)12-11-9;1-2/h3-5H,1,6,10H2,2H3;2H2,1H3/b7-4+;. The van der Waals surface area contributed by atoms with E-state index in [9.17, 15) is 0 Å². The maximum Gasteiger partial charge on any atom is 0.150 e. The SMILES string of the molecule is C=C/C(=C\C)c1cc(CN)on1.CP. The van der Waals surface area contributed by atoms with Gasteiger partial charge in [-0.2, -0.15) is 0 Å². The average molecular weight is 212 g/mol. The first-order chi connectivity index (χ1) is 6.81. The van der Waals surface area contributed by atoms with Crippen molar-refractivity contribution >= 4 is 14.8 Å². The molecule has 0 saturated heterocycles. The zero-order valence-electron chi connectivity index (χ0n) is 8.66. The summed E-state index contributed by atoms with van der Waals surface area (Å²) in [4.78, 5) is 0. The molecule has 0 aliphatic carbocycles. The predicted octanol–water partition coefficient (Wildman–Crippen LogP) is 2.21. The minimum absolute atomic E-state index is 0.376. The van der Waals surface area contributed by atoms with E-state index >= 15 is 0 Å². The summed E-state index contributed by atoms with van der Waals surface area (Å²) >= 11 is 0. The first kappa shape index (κ1) is 13.1. The van der Waals surface area contributed by atoms with E-state index in [1.807, 2.05) is 25.7 Å². The van der Waals surface area contributed by atoms with Gasteiger partial charge < -0.3 is 10.3 Å². The van der Waals surface area contributed by atoms with Gasteiger partial charge in [-0.05, 0) is 12.5 Å². The van der Waals surface area contributed by atoms with E-state index in [1.165, 1.54) is 0 Å². The van der Waals surface area contributed by atoms with Crippen molar-refractivity contribution in [1.82, 2.24) is 5.16 Å². The Morgan fingerprint density at radius 2 is 2.36 bits per heavy atom. The summed E-state index contributed by atoms with van der Waals surface area (Å²) in [6.07, 6.45) is 3.66. The summed E-state index contributed by atoms with van der Waals surface area (Å²) in [7, 11) is 2.42. The normalized spacial score (nSPS) is 10.4. The van der Waals surface area contributed by atoms with Gasteiger partial charge >= 0.3 is 0 Å². The number of rotatable bonds is 3. The Labute approximate surface area is 87.2 Å². The summed E-state index contributed by atoms with van der Waals surface area (Å²) in [6, 6.07) is 1.82. The summed E-state index contributed by atoms with van der Waals surface area (Å²) in [6.45, 7) is 7.88. The number of hydrogen-bond donors (Lipinski definition) is 1. The fourth-order valence-corrected chi connectivity index (χ4v) is 0.916. The molecule has 0 aromatic carbocycles. The molecular formula is C10H17N2OP. The van der Waals surface area contributed by atoms with Gasteiger partial charge in [-0.25, -0.2) is 0 Å². The lowest BCUT2D eigenvalue weighted by Gasteiger charge is -1.90. The quantitative estimate of drug-likeness (QED) is 0.617. The van der Waals surface area contributed by atoms with Crippen LogP contribution >= 0.6 is 9.24 Å². The van der Waals surface area contributed by atoms with E-state index in [2.05, 4.69) is 21.0 Å². The summed E-state index contributed by atoms with van der Waals surface area (Å²) in [5, 5.41) is 3.83. The fraction of sp³-hybridized carbons (Fsp3) is 0.300. The number of nitrogens with zero attached hydrogens (tertiary/aromatic N) is 1. The van der Waals surface area contributed by atoms with Crippen molar-refractivity contribution in [3.05, 3.63) is 36.3 Å². The second-order valence-corrected chi connectivity index (χ2v) is 2.33. The van der Waals surface area contributed by atoms with Crippen LogP contribution in [0.3, 0.4) is 0 Å². The topological polar surface area (TPSA) is 52.0 Å². The first-order valence-electron chi connectivity index (χ1n) is 4.34. The second kappa shape index (κ2) is 7.48. The Hall–Kier alpha value is -0.920. The molecule has 1 rings (SSSR count). The molecule has 1 heterocycles. The van der Waals surface area contributed by atoms with Crippen LogP contribution in [-0.2, 0) is 6.54 Å². The molecule has 0 saturated carbocycles. The van der Waals surface area contributed by atoms with Crippen molar-refractivity contribution in [2.75, 3.05) is 6.66 Å². The lowest BCUT2D eigenvalue weighted by molar-refractivity contribution is 0.383. The van der Waals surface area contributed by atoms with Gasteiger partial charge in [-0.3, -0.25) is 0 Å². The van der Waals surface area contributed by atoms with Crippen molar-refractivity contribution < 1.29 is 4.52 Å². The van der Waals surface area contributed by atoms with E-state index in [0.717, 1.165) is 11.3 Å². The van der Waals surface area contributed by atoms with Gasteiger partial charge in [0.1, 0.15) is 5.69 Å². The van der Waals surface area contributed by atoms with Crippen LogP contribution in [0.1, 0.15) is 18.4 Å². The molecular weight excluding hydrogens is 195 g/mol. The Morgan fingerprint density at radius 3 is 2.71 bits per heavy atom. The Balaban J connectivity index is 0.000000791. The third-order valence-electron chi connectivity index (χ3n) is 1.59. The molecule has 1 aromatic heterocycles.